The first-order chi connectivity index (χ1) is 15.2. The number of likely N-dealkylation sites (tertiary alicyclic amines) is 1. The molecule has 1 aliphatic heterocycles. The minimum atomic E-state index is -0.187. The lowest BCUT2D eigenvalue weighted by atomic mass is 10.0. The average molecular weight is 421 g/mol. The van der Waals surface area contributed by atoms with Gasteiger partial charge in [-0.1, -0.05) is 30.3 Å². The zero-order valence-electron chi connectivity index (χ0n) is 17.9. The molecular formula is C25H28N2O4. The molecule has 0 spiro atoms. The number of rotatable bonds is 8. The van der Waals surface area contributed by atoms with E-state index in [1.165, 1.54) is 0 Å². The molecule has 0 unspecified atom stereocenters. The van der Waals surface area contributed by atoms with E-state index < -0.39 is 0 Å². The van der Waals surface area contributed by atoms with Gasteiger partial charge in [-0.3, -0.25) is 10.1 Å². The Balaban J connectivity index is 1.51. The van der Waals surface area contributed by atoms with Gasteiger partial charge in [-0.05, 0) is 48.7 Å². The predicted octanol–water partition coefficient (Wildman–Crippen LogP) is 4.34. The first kappa shape index (κ1) is 21.0. The second-order valence-corrected chi connectivity index (χ2v) is 7.59. The van der Waals surface area contributed by atoms with E-state index in [2.05, 4.69) is 5.32 Å². The second kappa shape index (κ2) is 9.71. The highest BCUT2D eigenvalue weighted by Crippen LogP contribution is 2.39. The van der Waals surface area contributed by atoms with Crippen LogP contribution in [0.1, 0.15) is 41.8 Å². The lowest BCUT2D eigenvalue weighted by molar-refractivity contribution is -0.131. The number of methoxy groups -OCH3 is 2. The first-order valence-electron chi connectivity index (χ1n) is 10.5. The van der Waals surface area contributed by atoms with Gasteiger partial charge >= 0.3 is 0 Å². The third-order valence-electron chi connectivity index (χ3n) is 5.79. The molecule has 0 bridgehead atoms. The van der Waals surface area contributed by atoms with E-state index in [-0.39, 0.29) is 24.5 Å². The fourth-order valence-electron chi connectivity index (χ4n) is 4.26. The third kappa shape index (κ3) is 4.59. The van der Waals surface area contributed by atoms with Gasteiger partial charge in [-0.2, -0.15) is 0 Å². The van der Waals surface area contributed by atoms with Gasteiger partial charge in [-0.15, -0.1) is 0 Å². The maximum absolute atomic E-state index is 13.2. The van der Waals surface area contributed by atoms with E-state index >= 15 is 0 Å². The van der Waals surface area contributed by atoms with Crippen LogP contribution in [0.3, 0.4) is 0 Å². The summed E-state index contributed by atoms with van der Waals surface area (Å²) in [4.78, 5) is 15.2. The molecule has 2 aromatic carbocycles. The Morgan fingerprint density at radius 2 is 1.97 bits per heavy atom. The van der Waals surface area contributed by atoms with Crippen LogP contribution in [0.5, 0.6) is 11.5 Å². The Labute approximate surface area is 182 Å². The van der Waals surface area contributed by atoms with Crippen LogP contribution in [-0.2, 0) is 4.79 Å². The second-order valence-electron chi connectivity index (χ2n) is 7.59. The zero-order valence-corrected chi connectivity index (χ0v) is 17.9. The molecule has 31 heavy (non-hydrogen) atoms. The van der Waals surface area contributed by atoms with E-state index in [9.17, 15) is 4.79 Å². The SMILES string of the molecule is COc1ccc(OC)c([C@H]2CCCN2C(=O)CN[C@H](c2ccccc2)c2ccco2)c1. The lowest BCUT2D eigenvalue weighted by Crippen LogP contribution is -2.39. The highest BCUT2D eigenvalue weighted by Gasteiger charge is 2.32. The van der Waals surface area contributed by atoms with Gasteiger partial charge < -0.3 is 18.8 Å². The molecular weight excluding hydrogens is 392 g/mol. The number of nitrogens with zero attached hydrogens (tertiary/aromatic N) is 1. The van der Waals surface area contributed by atoms with Gasteiger partial charge in [0, 0.05) is 12.1 Å². The highest BCUT2D eigenvalue weighted by molar-refractivity contribution is 5.79. The van der Waals surface area contributed by atoms with Gasteiger partial charge in [-0.25, -0.2) is 0 Å². The minimum absolute atomic E-state index is 0.0295. The number of nitrogens with one attached hydrogen (secondary N) is 1. The van der Waals surface area contributed by atoms with Crippen molar-refractivity contribution in [3.05, 3.63) is 83.8 Å². The van der Waals surface area contributed by atoms with E-state index in [1.54, 1.807) is 20.5 Å². The molecule has 2 atom stereocenters. The number of carbonyl (C=O) groups is 1. The predicted molar refractivity (Wildman–Crippen MR) is 118 cm³/mol. The molecule has 1 saturated heterocycles. The van der Waals surface area contributed by atoms with Crippen molar-refractivity contribution >= 4 is 5.91 Å². The number of carbonyl (C=O) groups excluding carboxylic acids is 1. The van der Waals surface area contributed by atoms with Crippen molar-refractivity contribution in [1.82, 2.24) is 10.2 Å². The quantitative estimate of drug-likeness (QED) is 0.587. The van der Waals surface area contributed by atoms with Crippen LogP contribution in [-0.4, -0.2) is 38.1 Å². The fraction of sp³-hybridized carbons (Fsp3) is 0.320. The van der Waals surface area contributed by atoms with Crippen molar-refractivity contribution in [1.29, 1.82) is 0 Å². The maximum atomic E-state index is 13.2. The smallest absolute Gasteiger partial charge is 0.237 e. The number of furan rings is 1. The van der Waals surface area contributed by atoms with Crippen LogP contribution in [0.25, 0.3) is 0 Å². The summed E-state index contributed by atoms with van der Waals surface area (Å²) in [7, 11) is 3.30. The van der Waals surface area contributed by atoms with Crippen LogP contribution in [0, 0.1) is 0 Å². The molecule has 6 heteroatoms. The molecule has 6 nitrogen and oxygen atoms in total. The molecule has 1 fully saturated rings. The summed E-state index contributed by atoms with van der Waals surface area (Å²) in [5.41, 5.74) is 2.04. The normalized spacial score (nSPS) is 16.8. The van der Waals surface area contributed by atoms with Gasteiger partial charge in [0.15, 0.2) is 0 Å². The van der Waals surface area contributed by atoms with Crippen molar-refractivity contribution < 1.29 is 18.7 Å². The third-order valence-corrected chi connectivity index (χ3v) is 5.79. The summed E-state index contributed by atoms with van der Waals surface area (Å²) in [6, 6.07) is 19.3. The van der Waals surface area contributed by atoms with Crippen LogP contribution >= 0.6 is 0 Å². The monoisotopic (exact) mass is 420 g/mol. The highest BCUT2D eigenvalue weighted by atomic mass is 16.5. The molecule has 1 aliphatic rings. The summed E-state index contributed by atoms with van der Waals surface area (Å²) < 4.78 is 16.6. The molecule has 3 aromatic rings. The van der Waals surface area contributed by atoms with Gasteiger partial charge in [0.1, 0.15) is 17.3 Å². The molecule has 1 aromatic heterocycles. The molecule has 4 rings (SSSR count). The van der Waals surface area contributed by atoms with Crippen molar-refractivity contribution in [3.8, 4) is 11.5 Å². The summed E-state index contributed by atoms with van der Waals surface area (Å²) in [6.45, 7) is 0.936. The Morgan fingerprint density at radius 1 is 1.13 bits per heavy atom. The maximum Gasteiger partial charge on any atom is 0.237 e. The summed E-state index contributed by atoms with van der Waals surface area (Å²) in [5, 5.41) is 3.40. The zero-order chi connectivity index (χ0) is 21.6. The largest absolute Gasteiger partial charge is 0.497 e. The van der Waals surface area contributed by atoms with Crippen molar-refractivity contribution in [2.75, 3.05) is 27.3 Å². The molecule has 162 valence electrons. The average Bonchev–Trinajstić information content (AvgIpc) is 3.52. The van der Waals surface area contributed by atoms with Crippen LogP contribution in [0.15, 0.2) is 71.3 Å². The van der Waals surface area contributed by atoms with Crippen LogP contribution < -0.4 is 14.8 Å². The van der Waals surface area contributed by atoms with Crippen molar-refractivity contribution in [3.63, 3.8) is 0 Å². The standard InChI is InChI=1S/C25H28N2O4/c1-29-19-12-13-22(30-2)20(16-19)21-10-6-14-27(21)24(28)17-26-25(23-11-7-15-31-23)18-8-4-3-5-9-18/h3-5,7-9,11-13,15-16,21,25-26H,6,10,14,17H2,1-2H3/t21-,25-/m1/s1. The molecule has 1 N–H and O–H groups in total. The van der Waals surface area contributed by atoms with E-state index in [4.69, 9.17) is 13.9 Å². The molecule has 1 amide bonds. The Hall–Kier alpha value is -3.25. The molecule has 0 radical (unpaired) electrons. The number of benzene rings is 2. The van der Waals surface area contributed by atoms with Gasteiger partial charge in [0.05, 0.1) is 39.1 Å². The van der Waals surface area contributed by atoms with Gasteiger partial charge in [0.25, 0.3) is 0 Å². The van der Waals surface area contributed by atoms with E-state index in [0.29, 0.717) is 0 Å². The molecule has 0 saturated carbocycles. The Morgan fingerprint density at radius 3 is 2.68 bits per heavy atom. The molecule has 2 heterocycles. The van der Waals surface area contributed by atoms with E-state index in [0.717, 1.165) is 47.8 Å². The van der Waals surface area contributed by atoms with E-state index in [1.807, 2.05) is 65.6 Å². The minimum Gasteiger partial charge on any atom is -0.497 e. The first-order valence-corrected chi connectivity index (χ1v) is 10.5. The number of ether oxygens (including phenoxy) is 2. The van der Waals surface area contributed by atoms with Gasteiger partial charge in [0.2, 0.25) is 5.91 Å². The fourth-order valence-corrected chi connectivity index (χ4v) is 4.26. The summed E-state index contributed by atoms with van der Waals surface area (Å²) in [6.07, 6.45) is 3.51. The number of hydrogen-bond acceptors (Lipinski definition) is 5. The van der Waals surface area contributed by atoms with Crippen LogP contribution in [0.2, 0.25) is 0 Å². The Bertz CT molecular complexity index is 988. The summed E-state index contributed by atoms with van der Waals surface area (Å²) in [5.74, 6) is 2.37. The topological polar surface area (TPSA) is 63.9 Å². The van der Waals surface area contributed by atoms with Crippen LogP contribution in [0.4, 0.5) is 0 Å². The summed E-state index contributed by atoms with van der Waals surface area (Å²) >= 11 is 0. The van der Waals surface area contributed by atoms with Crippen molar-refractivity contribution in [2.24, 2.45) is 0 Å². The number of amides is 1. The number of hydrogen-bond donors (Lipinski definition) is 1. The Kier molecular flexibility index (Phi) is 6.57. The van der Waals surface area contributed by atoms with Crippen molar-refractivity contribution in [2.45, 2.75) is 24.9 Å². The lowest BCUT2D eigenvalue weighted by Gasteiger charge is -2.27. The molecule has 0 aliphatic carbocycles.